The number of methoxy groups -OCH3 is 1. The quantitative estimate of drug-likeness (QED) is 0.460. The van der Waals surface area contributed by atoms with Gasteiger partial charge in [0.05, 0.1) is 0 Å². The third-order valence-electron chi connectivity index (χ3n) is 1.87. The number of nitrogens with two attached hydrogens (primary N) is 1. The fraction of sp³-hybridized carbons (Fsp3) is 0.333. The lowest BCUT2D eigenvalue weighted by Gasteiger charge is -2.05. The van der Waals surface area contributed by atoms with Gasteiger partial charge in [-0.05, 0) is 11.8 Å². The van der Waals surface area contributed by atoms with Gasteiger partial charge < -0.3 is 14.6 Å². The summed E-state index contributed by atoms with van der Waals surface area (Å²) < 4.78 is 10.2. The molecule has 2 rings (SSSR count). The molecule has 0 radical (unpaired) electrons. The van der Waals surface area contributed by atoms with Gasteiger partial charge in [-0.3, -0.25) is 0 Å². The molecule has 0 aliphatic rings. The van der Waals surface area contributed by atoms with Gasteiger partial charge in [-0.1, -0.05) is 0 Å². The van der Waals surface area contributed by atoms with Crippen LogP contribution in [-0.4, -0.2) is 27.3 Å². The fourth-order valence-electron chi connectivity index (χ4n) is 1.20. The minimum Gasteiger partial charge on any atom is -0.416 e. The maximum Gasteiger partial charge on any atom is 0.282 e. The number of nitrogens with zero attached hydrogens (tertiary/aromatic N) is 4. The monoisotopic (exact) mass is 268 g/mol. The molecular weight excluding hydrogens is 256 g/mol. The summed E-state index contributed by atoms with van der Waals surface area (Å²) >= 11 is 1.24. The van der Waals surface area contributed by atoms with E-state index in [1.54, 1.807) is 20.1 Å². The maximum atomic E-state index is 5.34. The van der Waals surface area contributed by atoms with E-state index in [-0.39, 0.29) is 0 Å². The zero-order valence-electron chi connectivity index (χ0n) is 9.88. The van der Waals surface area contributed by atoms with Crippen LogP contribution in [0.15, 0.2) is 20.7 Å². The Labute approximate surface area is 107 Å². The Hall–Kier alpha value is -1.71. The summed E-state index contributed by atoms with van der Waals surface area (Å²) in [5, 5.41) is 8.67. The maximum absolute atomic E-state index is 5.34. The molecule has 0 unspecified atom stereocenters. The van der Waals surface area contributed by atoms with Crippen molar-refractivity contribution in [3.8, 4) is 0 Å². The van der Waals surface area contributed by atoms with Crippen molar-refractivity contribution in [3.05, 3.63) is 17.8 Å². The molecule has 0 saturated carbocycles. The molecule has 2 aromatic heterocycles. The summed E-state index contributed by atoms with van der Waals surface area (Å²) in [5.41, 5.74) is 2.47. The molecule has 0 saturated heterocycles. The summed E-state index contributed by atoms with van der Waals surface area (Å²) in [7, 11) is 1.57. The number of hydrazine groups is 1. The smallest absolute Gasteiger partial charge is 0.282 e. The SMILES string of the molecule is COCc1nc(NN)cc(Sc2nnc(C)o2)n1. The predicted molar refractivity (Wildman–Crippen MR) is 63.7 cm³/mol. The number of anilines is 1. The van der Waals surface area contributed by atoms with E-state index in [0.717, 1.165) is 0 Å². The third kappa shape index (κ3) is 3.15. The molecule has 0 aliphatic heterocycles. The molecule has 0 aliphatic carbocycles. The fourth-order valence-corrected chi connectivity index (χ4v) is 1.95. The van der Waals surface area contributed by atoms with Crippen LogP contribution in [0.4, 0.5) is 5.82 Å². The lowest BCUT2D eigenvalue weighted by Crippen LogP contribution is -2.11. The van der Waals surface area contributed by atoms with Crippen molar-refractivity contribution in [1.82, 2.24) is 20.2 Å². The van der Waals surface area contributed by atoms with E-state index in [4.69, 9.17) is 15.0 Å². The molecule has 0 aromatic carbocycles. The van der Waals surface area contributed by atoms with E-state index in [1.165, 1.54) is 11.8 Å². The van der Waals surface area contributed by atoms with Gasteiger partial charge in [0, 0.05) is 20.1 Å². The van der Waals surface area contributed by atoms with Gasteiger partial charge in [-0.15, -0.1) is 10.2 Å². The molecule has 0 amide bonds. The Balaban J connectivity index is 2.23. The highest BCUT2D eigenvalue weighted by Gasteiger charge is 2.09. The molecule has 0 atom stereocenters. The van der Waals surface area contributed by atoms with E-state index in [9.17, 15) is 0 Å². The van der Waals surface area contributed by atoms with Crippen LogP contribution in [0.1, 0.15) is 11.7 Å². The van der Waals surface area contributed by atoms with Crippen molar-refractivity contribution < 1.29 is 9.15 Å². The van der Waals surface area contributed by atoms with Crippen LogP contribution in [0.2, 0.25) is 0 Å². The number of aryl methyl sites for hydroxylation is 1. The number of ether oxygens (including phenoxy) is 1. The zero-order valence-corrected chi connectivity index (χ0v) is 10.7. The second kappa shape index (κ2) is 5.76. The minimum atomic E-state index is 0.298. The minimum absolute atomic E-state index is 0.298. The largest absolute Gasteiger partial charge is 0.416 e. The van der Waals surface area contributed by atoms with E-state index in [0.29, 0.717) is 34.4 Å². The normalized spacial score (nSPS) is 10.6. The Morgan fingerprint density at radius 1 is 1.44 bits per heavy atom. The molecule has 96 valence electrons. The molecule has 0 spiro atoms. The highest BCUT2D eigenvalue weighted by molar-refractivity contribution is 7.99. The Morgan fingerprint density at radius 2 is 2.28 bits per heavy atom. The Morgan fingerprint density at radius 3 is 2.89 bits per heavy atom. The predicted octanol–water partition coefficient (Wildman–Crippen LogP) is 0.751. The van der Waals surface area contributed by atoms with Crippen molar-refractivity contribution in [1.29, 1.82) is 0 Å². The van der Waals surface area contributed by atoms with Gasteiger partial charge in [0.1, 0.15) is 17.5 Å². The van der Waals surface area contributed by atoms with E-state index in [2.05, 4.69) is 25.6 Å². The van der Waals surface area contributed by atoms with Crippen molar-refractivity contribution in [2.45, 2.75) is 23.8 Å². The molecular formula is C9H12N6O2S. The van der Waals surface area contributed by atoms with Crippen LogP contribution in [0.5, 0.6) is 0 Å². The van der Waals surface area contributed by atoms with Crippen molar-refractivity contribution in [2.75, 3.05) is 12.5 Å². The standard InChI is InChI=1S/C9H12N6O2S/c1-5-14-15-9(17-5)18-8-3-6(13-10)11-7(12-8)4-16-2/h3H,4,10H2,1-2H3,(H,11,12,13). The van der Waals surface area contributed by atoms with Crippen LogP contribution in [-0.2, 0) is 11.3 Å². The summed E-state index contributed by atoms with van der Waals surface area (Å²) in [6.07, 6.45) is 0. The zero-order chi connectivity index (χ0) is 13.0. The number of hydrogen-bond acceptors (Lipinski definition) is 9. The van der Waals surface area contributed by atoms with Gasteiger partial charge in [0.15, 0.2) is 5.82 Å². The van der Waals surface area contributed by atoms with Crippen LogP contribution in [0, 0.1) is 6.92 Å². The number of aromatic nitrogens is 4. The van der Waals surface area contributed by atoms with E-state index < -0.39 is 0 Å². The third-order valence-corrected chi connectivity index (χ3v) is 2.63. The van der Waals surface area contributed by atoms with E-state index in [1.807, 2.05) is 0 Å². The Bertz CT molecular complexity index is 532. The first-order chi connectivity index (χ1) is 8.71. The topological polar surface area (TPSA) is 112 Å². The summed E-state index contributed by atoms with van der Waals surface area (Å²) in [6.45, 7) is 2.02. The molecule has 0 bridgehead atoms. The van der Waals surface area contributed by atoms with Crippen LogP contribution < -0.4 is 11.3 Å². The molecule has 3 N–H and O–H groups in total. The number of rotatable bonds is 5. The van der Waals surface area contributed by atoms with Gasteiger partial charge in [-0.25, -0.2) is 15.8 Å². The second-order valence-electron chi connectivity index (χ2n) is 3.27. The molecule has 9 heteroatoms. The van der Waals surface area contributed by atoms with Crippen LogP contribution in [0.3, 0.4) is 0 Å². The van der Waals surface area contributed by atoms with Gasteiger partial charge in [-0.2, -0.15) is 0 Å². The summed E-state index contributed by atoms with van der Waals surface area (Å²) in [5.74, 6) is 6.86. The van der Waals surface area contributed by atoms with Crippen molar-refractivity contribution in [2.24, 2.45) is 5.84 Å². The van der Waals surface area contributed by atoms with Gasteiger partial charge >= 0.3 is 0 Å². The highest BCUT2D eigenvalue weighted by Crippen LogP contribution is 2.26. The lowest BCUT2D eigenvalue weighted by molar-refractivity contribution is 0.177. The number of hydrogen-bond donors (Lipinski definition) is 2. The lowest BCUT2D eigenvalue weighted by atomic mass is 10.5. The molecule has 2 heterocycles. The van der Waals surface area contributed by atoms with E-state index >= 15 is 0 Å². The average Bonchev–Trinajstić information content (AvgIpc) is 2.75. The van der Waals surface area contributed by atoms with Crippen molar-refractivity contribution >= 4 is 17.6 Å². The molecule has 8 nitrogen and oxygen atoms in total. The number of nitrogens with one attached hydrogen (secondary N) is 1. The first-order valence-electron chi connectivity index (χ1n) is 5.02. The van der Waals surface area contributed by atoms with Gasteiger partial charge in [0.25, 0.3) is 5.22 Å². The van der Waals surface area contributed by atoms with Crippen LogP contribution in [0.25, 0.3) is 0 Å². The molecule has 0 fully saturated rings. The van der Waals surface area contributed by atoms with Gasteiger partial charge in [0.2, 0.25) is 5.89 Å². The number of nitrogen functional groups attached to an aromatic ring is 1. The molecule has 18 heavy (non-hydrogen) atoms. The average molecular weight is 268 g/mol. The second-order valence-corrected chi connectivity index (χ2v) is 4.25. The summed E-state index contributed by atoms with van der Waals surface area (Å²) in [6, 6.07) is 1.68. The summed E-state index contributed by atoms with van der Waals surface area (Å²) in [4.78, 5) is 8.42. The highest BCUT2D eigenvalue weighted by atomic mass is 32.2. The molecule has 2 aromatic rings. The van der Waals surface area contributed by atoms with Crippen LogP contribution >= 0.6 is 11.8 Å². The first kappa shape index (κ1) is 12.7. The van der Waals surface area contributed by atoms with Crippen molar-refractivity contribution in [3.63, 3.8) is 0 Å². The first-order valence-corrected chi connectivity index (χ1v) is 5.84. The Kier molecular flexibility index (Phi) is 4.07.